The average Bonchev–Trinajstić information content (AvgIpc) is 3.09. The number of benzene rings is 1. The molecule has 1 aromatic carbocycles. The molecule has 1 aromatic heterocycles. The van der Waals surface area contributed by atoms with Gasteiger partial charge in [-0.15, -0.1) is 0 Å². The summed E-state index contributed by atoms with van der Waals surface area (Å²) in [4.78, 5) is 18.1. The molecule has 0 amide bonds. The zero-order chi connectivity index (χ0) is 19.4. The van der Waals surface area contributed by atoms with Gasteiger partial charge in [0.2, 0.25) is 15.9 Å². The number of nitrogens with zero attached hydrogens (tertiary/aromatic N) is 4. The van der Waals surface area contributed by atoms with Gasteiger partial charge in [-0.05, 0) is 25.5 Å². The molecule has 27 heavy (non-hydrogen) atoms. The van der Waals surface area contributed by atoms with E-state index >= 15 is 0 Å². The van der Waals surface area contributed by atoms with Crippen molar-refractivity contribution in [3.63, 3.8) is 0 Å². The number of ketones is 1. The molecule has 2 aromatic rings. The van der Waals surface area contributed by atoms with Gasteiger partial charge in [0.25, 0.3) is 0 Å². The molecule has 0 aliphatic carbocycles. The van der Waals surface area contributed by atoms with Crippen molar-refractivity contribution in [2.24, 2.45) is 0 Å². The molecule has 3 rings (SSSR count). The quantitative estimate of drug-likeness (QED) is 0.662. The highest BCUT2D eigenvalue weighted by Crippen LogP contribution is 2.19. The van der Waals surface area contributed by atoms with Crippen molar-refractivity contribution < 1.29 is 17.7 Å². The summed E-state index contributed by atoms with van der Waals surface area (Å²) in [5.41, 5.74) is 0.397. The topological polar surface area (TPSA) is 96.6 Å². The van der Waals surface area contributed by atoms with Gasteiger partial charge < -0.3 is 4.52 Å². The van der Waals surface area contributed by atoms with E-state index in [0.717, 1.165) is 12.8 Å². The molecule has 146 valence electrons. The molecular formula is C18H24N4O4S. The van der Waals surface area contributed by atoms with Crippen LogP contribution in [0, 0.1) is 0 Å². The van der Waals surface area contributed by atoms with Crippen LogP contribution < -0.4 is 0 Å². The van der Waals surface area contributed by atoms with Crippen LogP contribution in [0.2, 0.25) is 0 Å². The van der Waals surface area contributed by atoms with Gasteiger partial charge in [0.15, 0.2) is 11.6 Å². The van der Waals surface area contributed by atoms with Gasteiger partial charge in [-0.1, -0.05) is 24.2 Å². The molecule has 0 atom stereocenters. The molecule has 8 nitrogen and oxygen atoms in total. The Morgan fingerprint density at radius 2 is 1.96 bits per heavy atom. The first-order chi connectivity index (χ1) is 12.9. The van der Waals surface area contributed by atoms with Crippen LogP contribution in [0.3, 0.4) is 0 Å². The number of sulfonamides is 1. The highest BCUT2D eigenvalue weighted by molar-refractivity contribution is 7.89. The molecule has 1 saturated heterocycles. The second kappa shape index (κ2) is 8.28. The average molecular weight is 392 g/mol. The van der Waals surface area contributed by atoms with Crippen LogP contribution in [0.4, 0.5) is 0 Å². The number of carbonyl (C=O) groups is 1. The number of hydrogen-bond acceptors (Lipinski definition) is 7. The van der Waals surface area contributed by atoms with Gasteiger partial charge in [0, 0.05) is 38.2 Å². The van der Waals surface area contributed by atoms with Crippen LogP contribution >= 0.6 is 0 Å². The molecule has 0 unspecified atom stereocenters. The maximum atomic E-state index is 12.9. The van der Waals surface area contributed by atoms with Gasteiger partial charge >= 0.3 is 0 Å². The fourth-order valence-corrected chi connectivity index (χ4v) is 4.49. The number of aromatic nitrogens is 2. The fraction of sp³-hybridized carbons (Fsp3) is 0.500. The molecule has 1 aliphatic rings. The van der Waals surface area contributed by atoms with Crippen molar-refractivity contribution in [2.45, 2.75) is 38.1 Å². The van der Waals surface area contributed by atoms with E-state index in [4.69, 9.17) is 4.52 Å². The standard InChI is InChI=1S/C18H24N4O4S/c1-3-5-17-19-18(26-20-17)13-21-8-10-22(11-9-21)27(24,25)16-7-4-6-15(12-16)14(2)23/h4,6-7,12H,3,5,8-11,13H2,1-2H3. The van der Waals surface area contributed by atoms with Gasteiger partial charge in [0.05, 0.1) is 11.4 Å². The summed E-state index contributed by atoms with van der Waals surface area (Å²) in [6.07, 6.45) is 1.75. The second-order valence-corrected chi connectivity index (χ2v) is 8.56. The van der Waals surface area contributed by atoms with Crippen molar-refractivity contribution in [2.75, 3.05) is 26.2 Å². The second-order valence-electron chi connectivity index (χ2n) is 6.62. The summed E-state index contributed by atoms with van der Waals surface area (Å²) in [6, 6.07) is 6.19. The Kier molecular flexibility index (Phi) is 6.03. The fourth-order valence-electron chi connectivity index (χ4n) is 3.02. The number of aryl methyl sites for hydroxylation is 1. The number of hydrogen-bond donors (Lipinski definition) is 0. The normalized spacial score (nSPS) is 16.5. The Labute approximate surface area is 159 Å². The van der Waals surface area contributed by atoms with E-state index in [2.05, 4.69) is 22.0 Å². The predicted octanol–water partition coefficient (Wildman–Crippen LogP) is 1.73. The van der Waals surface area contributed by atoms with Crippen LogP contribution in [0.25, 0.3) is 0 Å². The largest absolute Gasteiger partial charge is 0.338 e. The molecule has 0 radical (unpaired) electrons. The zero-order valence-corrected chi connectivity index (χ0v) is 16.4. The van der Waals surface area contributed by atoms with Crippen molar-refractivity contribution in [1.82, 2.24) is 19.3 Å². The minimum absolute atomic E-state index is 0.154. The Bertz CT molecular complexity index is 902. The van der Waals surface area contributed by atoms with E-state index in [-0.39, 0.29) is 10.7 Å². The molecule has 9 heteroatoms. The third-order valence-corrected chi connectivity index (χ3v) is 6.45. The molecule has 1 fully saturated rings. The third kappa shape index (κ3) is 4.60. The molecular weight excluding hydrogens is 368 g/mol. The van der Waals surface area contributed by atoms with Crippen LogP contribution in [-0.2, 0) is 23.0 Å². The lowest BCUT2D eigenvalue weighted by atomic mass is 10.2. The summed E-state index contributed by atoms with van der Waals surface area (Å²) >= 11 is 0. The van der Waals surface area contributed by atoms with E-state index in [9.17, 15) is 13.2 Å². The van der Waals surface area contributed by atoms with E-state index in [1.165, 1.54) is 23.4 Å². The molecule has 0 saturated carbocycles. The monoisotopic (exact) mass is 392 g/mol. The summed E-state index contributed by atoms with van der Waals surface area (Å²) in [5.74, 6) is 1.11. The SMILES string of the molecule is CCCc1noc(CN2CCN(S(=O)(=O)c3cccc(C(C)=O)c3)CC2)n1. The van der Waals surface area contributed by atoms with Gasteiger partial charge in [0.1, 0.15) is 0 Å². The minimum Gasteiger partial charge on any atom is -0.338 e. The van der Waals surface area contributed by atoms with E-state index < -0.39 is 10.0 Å². The lowest BCUT2D eigenvalue weighted by molar-refractivity contribution is 0.101. The number of rotatable bonds is 7. The van der Waals surface area contributed by atoms with Crippen molar-refractivity contribution in [3.8, 4) is 0 Å². The Morgan fingerprint density at radius 1 is 1.22 bits per heavy atom. The lowest BCUT2D eigenvalue weighted by Gasteiger charge is -2.33. The minimum atomic E-state index is -3.61. The maximum absolute atomic E-state index is 12.9. The Morgan fingerprint density at radius 3 is 2.63 bits per heavy atom. The van der Waals surface area contributed by atoms with Crippen LogP contribution in [0.15, 0.2) is 33.7 Å². The zero-order valence-electron chi connectivity index (χ0n) is 15.6. The first-order valence-electron chi connectivity index (χ1n) is 9.05. The van der Waals surface area contributed by atoms with Crippen molar-refractivity contribution >= 4 is 15.8 Å². The summed E-state index contributed by atoms with van der Waals surface area (Å²) < 4.78 is 32.4. The smallest absolute Gasteiger partial charge is 0.243 e. The molecule has 0 bridgehead atoms. The van der Waals surface area contributed by atoms with Crippen molar-refractivity contribution in [1.29, 1.82) is 0 Å². The Balaban J connectivity index is 1.62. The van der Waals surface area contributed by atoms with E-state index in [1.807, 2.05) is 0 Å². The predicted molar refractivity (Wildman–Crippen MR) is 98.8 cm³/mol. The Hall–Kier alpha value is -2.10. The number of piperazine rings is 1. The molecule has 2 heterocycles. The third-order valence-electron chi connectivity index (χ3n) is 4.55. The molecule has 1 aliphatic heterocycles. The number of carbonyl (C=O) groups excluding carboxylic acids is 1. The van der Waals surface area contributed by atoms with Gasteiger partial charge in [-0.2, -0.15) is 9.29 Å². The van der Waals surface area contributed by atoms with Crippen LogP contribution in [0.5, 0.6) is 0 Å². The first kappa shape index (κ1) is 19.7. The van der Waals surface area contributed by atoms with E-state index in [0.29, 0.717) is 50.0 Å². The maximum Gasteiger partial charge on any atom is 0.243 e. The molecule has 0 N–H and O–H groups in total. The summed E-state index contributed by atoms with van der Waals surface area (Å²) in [5, 5.41) is 3.94. The van der Waals surface area contributed by atoms with Gasteiger partial charge in [-0.25, -0.2) is 8.42 Å². The van der Waals surface area contributed by atoms with Crippen LogP contribution in [0.1, 0.15) is 42.3 Å². The first-order valence-corrected chi connectivity index (χ1v) is 10.5. The summed E-state index contributed by atoms with van der Waals surface area (Å²) in [6.45, 7) is 5.92. The van der Waals surface area contributed by atoms with E-state index in [1.54, 1.807) is 12.1 Å². The lowest BCUT2D eigenvalue weighted by Crippen LogP contribution is -2.48. The highest BCUT2D eigenvalue weighted by Gasteiger charge is 2.29. The van der Waals surface area contributed by atoms with Gasteiger partial charge in [-0.3, -0.25) is 9.69 Å². The number of Topliss-reactive ketones (excluding diaryl/α,β-unsaturated/α-hetero) is 1. The van der Waals surface area contributed by atoms with Crippen LogP contribution in [-0.4, -0.2) is 59.7 Å². The highest BCUT2D eigenvalue weighted by atomic mass is 32.2. The van der Waals surface area contributed by atoms with Crippen molar-refractivity contribution in [3.05, 3.63) is 41.5 Å². The summed E-state index contributed by atoms with van der Waals surface area (Å²) in [7, 11) is -3.61. The molecule has 0 spiro atoms.